The smallest absolute Gasteiger partial charge is 0.274 e. The topological polar surface area (TPSA) is 80.9 Å². The molecule has 1 aromatic carbocycles. The highest BCUT2D eigenvalue weighted by molar-refractivity contribution is 6.30. The minimum absolute atomic E-state index is 0.205. The zero-order chi connectivity index (χ0) is 15.1. The van der Waals surface area contributed by atoms with Crippen molar-refractivity contribution in [2.45, 2.75) is 0 Å². The van der Waals surface area contributed by atoms with Gasteiger partial charge in [0.15, 0.2) is 0 Å². The molecule has 0 aliphatic heterocycles. The molecular weight excluding hydrogens is 290 g/mol. The van der Waals surface area contributed by atoms with E-state index >= 15 is 0 Å². The summed E-state index contributed by atoms with van der Waals surface area (Å²) in [4.78, 5) is 26.3. The minimum atomic E-state index is -0.606. The highest BCUT2D eigenvalue weighted by Crippen LogP contribution is 2.29. The van der Waals surface area contributed by atoms with E-state index in [1.54, 1.807) is 31.4 Å². The van der Waals surface area contributed by atoms with E-state index in [-0.39, 0.29) is 11.3 Å². The number of amides is 1. The van der Waals surface area contributed by atoms with Crippen molar-refractivity contribution in [2.24, 2.45) is 12.8 Å². The van der Waals surface area contributed by atoms with Gasteiger partial charge in [-0.15, -0.1) is 0 Å². The van der Waals surface area contributed by atoms with Crippen molar-refractivity contribution in [3.8, 4) is 11.1 Å². The second-order valence-corrected chi connectivity index (χ2v) is 5.24. The number of H-pyrrole nitrogens is 1. The maximum absolute atomic E-state index is 12.2. The molecular formula is C15H12ClN3O2. The average molecular weight is 302 g/mol. The minimum Gasteiger partial charge on any atom is -0.364 e. The number of carbonyl (C=O) groups excluding carboxylic acids is 1. The number of aromatic nitrogens is 2. The van der Waals surface area contributed by atoms with E-state index in [1.165, 1.54) is 4.57 Å². The summed E-state index contributed by atoms with van der Waals surface area (Å²) < 4.78 is 1.46. The van der Waals surface area contributed by atoms with E-state index < -0.39 is 5.91 Å². The lowest BCUT2D eigenvalue weighted by molar-refractivity contribution is 0.0996. The first-order valence-electron chi connectivity index (χ1n) is 6.25. The quantitative estimate of drug-likeness (QED) is 0.761. The molecule has 3 aromatic rings. The summed E-state index contributed by atoms with van der Waals surface area (Å²) >= 11 is 6.02. The molecule has 3 N–H and O–H groups in total. The largest absolute Gasteiger partial charge is 0.364 e. The summed E-state index contributed by atoms with van der Waals surface area (Å²) in [5, 5.41) is 1.24. The molecule has 2 heterocycles. The standard InChI is InChI=1S/C15H12ClN3O2/c1-19-7-11(8-3-2-4-9(16)5-8)10-6-12(14(17)20)18-13(10)15(19)21/h2-7,18H,1H3,(H2,17,20). The van der Waals surface area contributed by atoms with Crippen LogP contribution in [0.4, 0.5) is 0 Å². The number of hydrogen-bond acceptors (Lipinski definition) is 2. The number of nitrogens with two attached hydrogens (primary N) is 1. The van der Waals surface area contributed by atoms with Crippen molar-refractivity contribution in [3.63, 3.8) is 0 Å². The molecule has 0 unspecified atom stereocenters. The first kappa shape index (κ1) is 13.5. The lowest BCUT2D eigenvalue weighted by atomic mass is 10.0. The van der Waals surface area contributed by atoms with Crippen molar-refractivity contribution in [1.82, 2.24) is 9.55 Å². The molecule has 6 heteroatoms. The summed E-state index contributed by atoms with van der Waals surface area (Å²) in [6, 6.07) is 8.89. The molecule has 3 rings (SSSR count). The highest BCUT2D eigenvalue weighted by atomic mass is 35.5. The van der Waals surface area contributed by atoms with Crippen LogP contribution in [0, 0.1) is 0 Å². The number of aryl methyl sites for hydroxylation is 1. The van der Waals surface area contributed by atoms with Gasteiger partial charge in [0.25, 0.3) is 11.5 Å². The van der Waals surface area contributed by atoms with Crippen molar-refractivity contribution in [1.29, 1.82) is 0 Å². The van der Waals surface area contributed by atoms with Gasteiger partial charge in [-0.2, -0.15) is 0 Å². The summed E-state index contributed by atoms with van der Waals surface area (Å²) in [6.07, 6.45) is 1.72. The van der Waals surface area contributed by atoms with Crippen molar-refractivity contribution in [3.05, 3.63) is 57.6 Å². The van der Waals surface area contributed by atoms with Gasteiger partial charge < -0.3 is 15.3 Å². The number of hydrogen-bond donors (Lipinski definition) is 2. The molecule has 0 spiro atoms. The van der Waals surface area contributed by atoms with E-state index in [0.717, 1.165) is 11.1 Å². The molecule has 21 heavy (non-hydrogen) atoms. The molecule has 0 bridgehead atoms. The Balaban J connectivity index is 2.40. The Morgan fingerprint density at radius 3 is 2.76 bits per heavy atom. The van der Waals surface area contributed by atoms with E-state index in [2.05, 4.69) is 4.98 Å². The number of aromatic amines is 1. The number of halogens is 1. The van der Waals surface area contributed by atoms with Crippen molar-refractivity contribution < 1.29 is 4.79 Å². The first-order chi connectivity index (χ1) is 9.97. The maximum Gasteiger partial charge on any atom is 0.274 e. The Bertz CT molecular complexity index is 924. The Morgan fingerprint density at radius 2 is 2.10 bits per heavy atom. The third-order valence-electron chi connectivity index (χ3n) is 3.37. The Morgan fingerprint density at radius 1 is 1.33 bits per heavy atom. The number of nitrogens with zero attached hydrogens (tertiary/aromatic N) is 1. The van der Waals surface area contributed by atoms with Gasteiger partial charge in [0.05, 0.1) is 0 Å². The van der Waals surface area contributed by atoms with Gasteiger partial charge >= 0.3 is 0 Å². The van der Waals surface area contributed by atoms with Gasteiger partial charge in [0.2, 0.25) is 0 Å². The van der Waals surface area contributed by atoms with Crippen molar-refractivity contribution in [2.75, 3.05) is 0 Å². The summed E-state index contributed by atoms with van der Waals surface area (Å²) in [5.41, 5.74) is 7.28. The average Bonchev–Trinajstić information content (AvgIpc) is 2.88. The van der Waals surface area contributed by atoms with Gasteiger partial charge in [-0.05, 0) is 23.8 Å². The third kappa shape index (κ3) is 2.21. The summed E-state index contributed by atoms with van der Waals surface area (Å²) in [5.74, 6) is -0.606. The Labute approximate surface area is 125 Å². The number of benzene rings is 1. The third-order valence-corrected chi connectivity index (χ3v) is 3.60. The molecule has 1 amide bonds. The Kier molecular flexibility index (Phi) is 3.07. The fourth-order valence-corrected chi connectivity index (χ4v) is 2.54. The van der Waals surface area contributed by atoms with Gasteiger partial charge in [-0.1, -0.05) is 23.7 Å². The molecule has 0 saturated carbocycles. The number of pyridine rings is 1. The highest BCUT2D eigenvalue weighted by Gasteiger charge is 2.14. The Hall–Kier alpha value is -2.53. The lowest BCUT2D eigenvalue weighted by Gasteiger charge is -2.07. The van der Waals surface area contributed by atoms with Crippen LogP contribution in [0.1, 0.15) is 10.5 Å². The van der Waals surface area contributed by atoms with E-state index in [0.29, 0.717) is 15.9 Å². The second kappa shape index (κ2) is 4.79. The van der Waals surface area contributed by atoms with Crippen LogP contribution in [0.2, 0.25) is 5.02 Å². The second-order valence-electron chi connectivity index (χ2n) is 4.81. The van der Waals surface area contributed by atoms with Gasteiger partial charge in [0, 0.05) is 29.2 Å². The molecule has 0 aliphatic rings. The van der Waals surface area contributed by atoms with E-state index in [1.807, 2.05) is 12.1 Å². The normalized spacial score (nSPS) is 11.0. The zero-order valence-electron chi connectivity index (χ0n) is 11.2. The van der Waals surface area contributed by atoms with Gasteiger partial charge in [0.1, 0.15) is 11.2 Å². The van der Waals surface area contributed by atoms with Crippen LogP contribution in [-0.2, 0) is 7.05 Å². The maximum atomic E-state index is 12.2. The molecule has 106 valence electrons. The lowest BCUT2D eigenvalue weighted by Crippen LogP contribution is -2.17. The first-order valence-corrected chi connectivity index (χ1v) is 6.63. The van der Waals surface area contributed by atoms with Gasteiger partial charge in [-0.25, -0.2) is 0 Å². The van der Waals surface area contributed by atoms with Crippen LogP contribution in [-0.4, -0.2) is 15.5 Å². The van der Waals surface area contributed by atoms with Crippen LogP contribution < -0.4 is 11.3 Å². The SMILES string of the molecule is Cn1cc(-c2cccc(Cl)c2)c2cc(C(N)=O)[nH]c2c1=O. The number of fused-ring (bicyclic) bond motifs is 1. The van der Waals surface area contributed by atoms with Crippen molar-refractivity contribution >= 4 is 28.4 Å². The number of primary amides is 1. The van der Waals surface area contributed by atoms with E-state index in [4.69, 9.17) is 17.3 Å². The molecule has 5 nitrogen and oxygen atoms in total. The molecule has 0 atom stereocenters. The van der Waals surface area contributed by atoms with Crippen LogP contribution in [0.15, 0.2) is 41.3 Å². The summed E-state index contributed by atoms with van der Waals surface area (Å²) in [7, 11) is 1.65. The molecule has 2 aromatic heterocycles. The molecule has 0 radical (unpaired) electrons. The zero-order valence-corrected chi connectivity index (χ0v) is 11.9. The number of carbonyl (C=O) groups is 1. The number of rotatable bonds is 2. The van der Waals surface area contributed by atoms with Crippen LogP contribution in [0.25, 0.3) is 22.0 Å². The van der Waals surface area contributed by atoms with Crippen LogP contribution in [0.3, 0.4) is 0 Å². The predicted octanol–water partition coefficient (Wildman–Crippen LogP) is 2.29. The summed E-state index contributed by atoms with van der Waals surface area (Å²) in [6.45, 7) is 0. The fourth-order valence-electron chi connectivity index (χ4n) is 2.35. The predicted molar refractivity (Wildman–Crippen MR) is 82.5 cm³/mol. The number of nitrogens with one attached hydrogen (secondary N) is 1. The van der Waals surface area contributed by atoms with Gasteiger partial charge in [-0.3, -0.25) is 9.59 Å². The van der Waals surface area contributed by atoms with E-state index in [9.17, 15) is 9.59 Å². The molecule has 0 saturated heterocycles. The van der Waals surface area contributed by atoms with Crippen LogP contribution >= 0.6 is 11.6 Å². The molecule has 0 aliphatic carbocycles. The monoisotopic (exact) mass is 301 g/mol. The molecule has 0 fully saturated rings. The van der Waals surface area contributed by atoms with Crippen LogP contribution in [0.5, 0.6) is 0 Å². The fraction of sp³-hybridized carbons (Fsp3) is 0.0667.